The molecular weight excluding hydrogens is 370 g/mol. The summed E-state index contributed by atoms with van der Waals surface area (Å²) < 4.78 is 0.889. The van der Waals surface area contributed by atoms with Gasteiger partial charge in [-0.05, 0) is 37.1 Å². The van der Waals surface area contributed by atoms with Gasteiger partial charge in [-0.2, -0.15) is 0 Å². The molecule has 8 heteroatoms. The molecule has 2 aromatic rings. The highest BCUT2D eigenvalue weighted by Crippen LogP contribution is 2.29. The second-order valence-corrected chi connectivity index (χ2v) is 8.71. The van der Waals surface area contributed by atoms with Gasteiger partial charge in [0.25, 0.3) is 0 Å². The number of hydrogen-bond donors (Lipinski definition) is 1. The Bertz CT molecular complexity index is 633. The van der Waals surface area contributed by atoms with E-state index in [1.807, 2.05) is 31.2 Å². The summed E-state index contributed by atoms with van der Waals surface area (Å²) in [6, 6.07) is 7.51. The molecule has 0 bridgehead atoms. The molecule has 1 amide bonds. The molecule has 1 heterocycles. The number of carbonyl (C=O) groups excluding carboxylic acids is 1. The predicted octanol–water partition coefficient (Wildman–Crippen LogP) is 5.20. The first-order valence-corrected chi connectivity index (χ1v) is 10.4. The van der Waals surface area contributed by atoms with E-state index in [1.165, 1.54) is 23.1 Å². The standard InChI is InChI=1S/C15H18ClN3OS3/c1-3-9-21-15-19-18-14(23-15)17-13(20)12(4-2)22-11-7-5-10(16)6-8-11/h5-8,12H,3-4,9H2,1-2H3,(H,17,18,20)/t12-/m0/s1. The van der Waals surface area contributed by atoms with Crippen molar-refractivity contribution in [3.8, 4) is 0 Å². The molecule has 1 aromatic carbocycles. The minimum Gasteiger partial charge on any atom is -0.300 e. The van der Waals surface area contributed by atoms with E-state index in [9.17, 15) is 4.79 Å². The average molecular weight is 388 g/mol. The molecule has 0 saturated heterocycles. The Hall–Kier alpha value is -0.760. The van der Waals surface area contributed by atoms with Crippen molar-refractivity contribution in [3.05, 3.63) is 29.3 Å². The second-order valence-electron chi connectivity index (χ2n) is 4.68. The smallest absolute Gasteiger partial charge is 0.239 e. The highest BCUT2D eigenvalue weighted by molar-refractivity contribution is 8.01. The Balaban J connectivity index is 1.94. The van der Waals surface area contributed by atoms with Gasteiger partial charge in [0.15, 0.2) is 4.34 Å². The number of benzene rings is 1. The van der Waals surface area contributed by atoms with Crippen LogP contribution in [-0.2, 0) is 4.79 Å². The Morgan fingerprint density at radius 1 is 1.30 bits per heavy atom. The number of rotatable bonds is 8. The monoisotopic (exact) mass is 387 g/mol. The van der Waals surface area contributed by atoms with Crippen LogP contribution in [0.15, 0.2) is 33.5 Å². The van der Waals surface area contributed by atoms with Crippen LogP contribution in [0.4, 0.5) is 5.13 Å². The van der Waals surface area contributed by atoms with Crippen LogP contribution >= 0.6 is 46.5 Å². The summed E-state index contributed by atoms with van der Waals surface area (Å²) in [6.45, 7) is 4.12. The number of hydrogen-bond acceptors (Lipinski definition) is 6. The summed E-state index contributed by atoms with van der Waals surface area (Å²) in [6.07, 6.45) is 1.82. The molecule has 1 atom stereocenters. The van der Waals surface area contributed by atoms with Gasteiger partial charge in [0, 0.05) is 15.7 Å². The molecule has 2 rings (SSSR count). The van der Waals surface area contributed by atoms with Crippen molar-refractivity contribution >= 4 is 57.5 Å². The van der Waals surface area contributed by atoms with Crippen molar-refractivity contribution in [3.63, 3.8) is 0 Å². The van der Waals surface area contributed by atoms with E-state index < -0.39 is 0 Å². The van der Waals surface area contributed by atoms with Crippen molar-refractivity contribution in [2.45, 2.75) is 41.2 Å². The van der Waals surface area contributed by atoms with Crippen molar-refractivity contribution < 1.29 is 4.79 Å². The van der Waals surface area contributed by atoms with E-state index in [4.69, 9.17) is 11.6 Å². The maximum Gasteiger partial charge on any atom is 0.239 e. The highest BCUT2D eigenvalue weighted by atomic mass is 35.5. The Labute approximate surface area is 153 Å². The molecule has 0 aliphatic heterocycles. The van der Waals surface area contributed by atoms with Crippen molar-refractivity contribution in [1.29, 1.82) is 0 Å². The zero-order valence-corrected chi connectivity index (χ0v) is 16.1. The van der Waals surface area contributed by atoms with Crippen LogP contribution in [0.2, 0.25) is 5.02 Å². The molecule has 0 spiro atoms. The first kappa shape index (κ1) is 18.6. The van der Waals surface area contributed by atoms with E-state index in [-0.39, 0.29) is 11.2 Å². The lowest BCUT2D eigenvalue weighted by atomic mass is 10.3. The number of aromatic nitrogens is 2. The quantitative estimate of drug-likeness (QED) is 0.498. The molecule has 1 N–H and O–H groups in total. The van der Waals surface area contributed by atoms with E-state index in [0.29, 0.717) is 10.2 Å². The van der Waals surface area contributed by atoms with Crippen LogP contribution in [0.5, 0.6) is 0 Å². The first-order valence-electron chi connectivity index (χ1n) is 7.31. The van der Waals surface area contributed by atoms with Crippen LogP contribution in [-0.4, -0.2) is 27.1 Å². The molecule has 0 saturated carbocycles. The summed E-state index contributed by atoms with van der Waals surface area (Å²) in [7, 11) is 0. The van der Waals surface area contributed by atoms with Crippen LogP contribution in [0.25, 0.3) is 0 Å². The zero-order valence-electron chi connectivity index (χ0n) is 12.9. The predicted molar refractivity (Wildman–Crippen MR) is 101 cm³/mol. The largest absolute Gasteiger partial charge is 0.300 e. The van der Waals surface area contributed by atoms with Crippen molar-refractivity contribution in [2.75, 3.05) is 11.1 Å². The maximum absolute atomic E-state index is 12.4. The maximum atomic E-state index is 12.4. The van der Waals surface area contributed by atoms with Crippen LogP contribution < -0.4 is 5.32 Å². The van der Waals surface area contributed by atoms with E-state index >= 15 is 0 Å². The molecule has 0 radical (unpaired) electrons. The van der Waals surface area contributed by atoms with Crippen LogP contribution in [0, 0.1) is 0 Å². The van der Waals surface area contributed by atoms with Crippen molar-refractivity contribution in [1.82, 2.24) is 10.2 Å². The van der Waals surface area contributed by atoms with Gasteiger partial charge in [-0.1, -0.05) is 48.5 Å². The fraction of sp³-hybridized carbons (Fsp3) is 0.400. The van der Waals surface area contributed by atoms with E-state index in [0.717, 1.165) is 27.8 Å². The summed E-state index contributed by atoms with van der Waals surface area (Å²) in [4.78, 5) is 13.4. The first-order chi connectivity index (χ1) is 11.1. The lowest BCUT2D eigenvalue weighted by molar-refractivity contribution is -0.115. The number of carbonyl (C=O) groups is 1. The fourth-order valence-electron chi connectivity index (χ4n) is 1.69. The molecule has 0 unspecified atom stereocenters. The molecule has 0 fully saturated rings. The van der Waals surface area contributed by atoms with E-state index in [1.54, 1.807) is 11.8 Å². The topological polar surface area (TPSA) is 54.9 Å². The third-order valence-electron chi connectivity index (χ3n) is 2.82. The number of nitrogens with zero attached hydrogens (tertiary/aromatic N) is 2. The van der Waals surface area contributed by atoms with Gasteiger partial charge in [0.05, 0.1) is 5.25 Å². The van der Waals surface area contributed by atoms with Crippen molar-refractivity contribution in [2.24, 2.45) is 0 Å². The Morgan fingerprint density at radius 2 is 2.04 bits per heavy atom. The molecule has 1 aromatic heterocycles. The van der Waals surface area contributed by atoms with Gasteiger partial charge in [0.2, 0.25) is 11.0 Å². The molecule has 4 nitrogen and oxygen atoms in total. The Morgan fingerprint density at radius 3 is 2.70 bits per heavy atom. The summed E-state index contributed by atoms with van der Waals surface area (Å²) in [5, 5.41) is 12.1. The normalized spacial score (nSPS) is 12.1. The average Bonchev–Trinajstić information content (AvgIpc) is 2.99. The molecular formula is C15H18ClN3OS3. The minimum atomic E-state index is -0.174. The lowest BCUT2D eigenvalue weighted by Crippen LogP contribution is -2.24. The number of thioether (sulfide) groups is 2. The molecule has 23 heavy (non-hydrogen) atoms. The van der Waals surface area contributed by atoms with E-state index in [2.05, 4.69) is 22.4 Å². The molecule has 0 aliphatic rings. The van der Waals surface area contributed by atoms with Gasteiger partial charge < -0.3 is 0 Å². The van der Waals surface area contributed by atoms with Gasteiger partial charge in [-0.25, -0.2) is 0 Å². The number of halogens is 1. The highest BCUT2D eigenvalue weighted by Gasteiger charge is 2.19. The number of nitrogens with one attached hydrogen (secondary N) is 1. The van der Waals surface area contributed by atoms with Crippen LogP contribution in [0.3, 0.4) is 0 Å². The third kappa shape index (κ3) is 5.99. The number of amides is 1. The zero-order chi connectivity index (χ0) is 16.7. The van der Waals surface area contributed by atoms with Gasteiger partial charge >= 0.3 is 0 Å². The second kappa shape index (κ2) is 9.52. The minimum absolute atomic E-state index is 0.0457. The van der Waals surface area contributed by atoms with Gasteiger partial charge in [-0.15, -0.1) is 22.0 Å². The third-order valence-corrected chi connectivity index (χ3v) is 6.63. The SMILES string of the molecule is CCCSc1nnc(NC(=O)[C@H](CC)Sc2ccc(Cl)cc2)s1. The summed E-state index contributed by atoms with van der Waals surface area (Å²) >= 11 is 10.5. The molecule has 124 valence electrons. The van der Waals surface area contributed by atoms with Gasteiger partial charge in [-0.3, -0.25) is 10.1 Å². The fourth-order valence-corrected chi connectivity index (χ4v) is 4.45. The lowest BCUT2D eigenvalue weighted by Gasteiger charge is -2.13. The number of anilines is 1. The summed E-state index contributed by atoms with van der Waals surface area (Å²) in [5.74, 6) is 0.961. The van der Waals surface area contributed by atoms with Gasteiger partial charge in [0.1, 0.15) is 0 Å². The van der Waals surface area contributed by atoms with Crippen LogP contribution in [0.1, 0.15) is 26.7 Å². The summed E-state index contributed by atoms with van der Waals surface area (Å²) in [5.41, 5.74) is 0. The molecule has 0 aliphatic carbocycles. The Kier molecular flexibility index (Phi) is 7.69.